The minimum absolute atomic E-state index is 0.115. The van der Waals surface area contributed by atoms with Crippen molar-refractivity contribution in [1.82, 2.24) is 9.80 Å². The van der Waals surface area contributed by atoms with Gasteiger partial charge in [0.05, 0.1) is 5.02 Å². The van der Waals surface area contributed by atoms with Crippen LogP contribution in [0.1, 0.15) is 45.4 Å². The molecule has 4 rings (SSSR count). The molecule has 1 saturated carbocycles. The maximum Gasteiger partial charge on any atom is 0.573 e. The lowest BCUT2D eigenvalue weighted by atomic mass is 9.93. The molecule has 182 valence electrons. The van der Waals surface area contributed by atoms with Crippen molar-refractivity contribution in [2.75, 3.05) is 37.6 Å². The Kier molecular flexibility index (Phi) is 6.71. The lowest BCUT2D eigenvalue weighted by Crippen LogP contribution is -2.56. The van der Waals surface area contributed by atoms with Gasteiger partial charge in [0, 0.05) is 50.9 Å². The molecule has 1 atom stereocenters. The van der Waals surface area contributed by atoms with Crippen LogP contribution in [-0.2, 0) is 9.59 Å². The van der Waals surface area contributed by atoms with Crippen LogP contribution in [0.5, 0.6) is 5.75 Å². The second-order valence-corrected chi connectivity index (χ2v) is 9.75. The second kappa shape index (κ2) is 9.24. The first-order chi connectivity index (χ1) is 15.6. The van der Waals surface area contributed by atoms with E-state index in [0.29, 0.717) is 43.6 Å². The number of nitrogens with zero attached hydrogens (tertiary/aromatic N) is 3. The van der Waals surface area contributed by atoms with Crippen molar-refractivity contribution < 1.29 is 27.5 Å². The maximum atomic E-state index is 12.9. The summed E-state index contributed by atoms with van der Waals surface area (Å²) in [7, 11) is 0. The molecule has 1 aliphatic carbocycles. The Hall–Kier alpha value is -2.16. The van der Waals surface area contributed by atoms with Crippen LogP contribution in [0, 0.1) is 5.41 Å². The van der Waals surface area contributed by atoms with Gasteiger partial charge in [-0.1, -0.05) is 11.6 Å². The first-order valence-electron chi connectivity index (χ1n) is 11.5. The molecular weight excluding hydrogens is 459 g/mol. The largest absolute Gasteiger partial charge is 0.573 e. The third-order valence-electron chi connectivity index (χ3n) is 7.17. The van der Waals surface area contributed by atoms with Crippen LogP contribution in [-0.4, -0.2) is 66.7 Å². The Bertz CT molecular complexity index is 897. The molecule has 2 aliphatic heterocycles. The fourth-order valence-electron chi connectivity index (χ4n) is 4.86. The van der Waals surface area contributed by atoms with Crippen molar-refractivity contribution in [2.24, 2.45) is 5.41 Å². The molecule has 33 heavy (non-hydrogen) atoms. The molecule has 0 aromatic heterocycles. The summed E-state index contributed by atoms with van der Waals surface area (Å²) < 4.78 is 41.9. The lowest BCUT2D eigenvalue weighted by molar-refractivity contribution is -0.274. The van der Waals surface area contributed by atoms with Crippen LogP contribution in [0.15, 0.2) is 18.2 Å². The standard InChI is InChI=1S/C23H29ClF3N3O3/c1-16-21(32)29(10-2-3-20(31)28-11-8-22(6-7-22)9-12-28)13-14-30(16)17-4-5-18(24)19(15-17)33-23(25,26)27/h4-5,15-16H,2-3,6-14H2,1H3/t16-/m0/s1. The minimum Gasteiger partial charge on any atom is -0.404 e. The summed E-state index contributed by atoms with van der Waals surface area (Å²) in [6.45, 7) is 4.79. The third kappa shape index (κ3) is 5.67. The fraction of sp³-hybridized carbons (Fsp3) is 0.652. The monoisotopic (exact) mass is 487 g/mol. The number of piperazine rings is 1. The molecule has 10 heteroatoms. The van der Waals surface area contributed by atoms with E-state index in [2.05, 4.69) is 4.74 Å². The molecule has 0 bridgehead atoms. The Labute approximate surface area is 196 Å². The number of anilines is 1. The van der Waals surface area contributed by atoms with E-state index >= 15 is 0 Å². The molecule has 1 aromatic rings. The smallest absolute Gasteiger partial charge is 0.404 e. The van der Waals surface area contributed by atoms with Gasteiger partial charge >= 0.3 is 6.36 Å². The SMILES string of the molecule is C[C@H]1C(=O)N(CCCC(=O)N2CCC3(CC2)CC3)CCN1c1ccc(Cl)c(OC(F)(F)F)c1. The van der Waals surface area contributed by atoms with E-state index in [0.717, 1.165) is 25.9 Å². The van der Waals surface area contributed by atoms with Crippen molar-refractivity contribution in [2.45, 2.75) is 57.9 Å². The number of benzene rings is 1. The van der Waals surface area contributed by atoms with Crippen molar-refractivity contribution in [3.8, 4) is 5.75 Å². The number of ether oxygens (including phenoxy) is 1. The Morgan fingerprint density at radius 2 is 1.85 bits per heavy atom. The number of alkyl halides is 3. The van der Waals surface area contributed by atoms with Gasteiger partial charge in [0.1, 0.15) is 11.8 Å². The number of rotatable bonds is 6. The first kappa shape index (κ1) is 24.0. The molecule has 1 spiro atoms. The quantitative estimate of drug-likeness (QED) is 0.594. The molecule has 2 saturated heterocycles. The summed E-state index contributed by atoms with van der Waals surface area (Å²) >= 11 is 5.84. The van der Waals surface area contributed by atoms with Crippen LogP contribution >= 0.6 is 11.6 Å². The normalized spacial score (nSPS) is 22.6. The Morgan fingerprint density at radius 1 is 1.15 bits per heavy atom. The van der Waals surface area contributed by atoms with E-state index in [1.165, 1.54) is 25.0 Å². The van der Waals surface area contributed by atoms with Crippen molar-refractivity contribution in [3.05, 3.63) is 23.2 Å². The summed E-state index contributed by atoms with van der Waals surface area (Å²) in [5, 5.41) is -0.153. The van der Waals surface area contributed by atoms with E-state index in [9.17, 15) is 22.8 Å². The number of halogens is 4. The van der Waals surface area contributed by atoms with Gasteiger partial charge in [0.2, 0.25) is 11.8 Å². The zero-order valence-electron chi connectivity index (χ0n) is 18.7. The van der Waals surface area contributed by atoms with Crippen LogP contribution < -0.4 is 9.64 Å². The van der Waals surface area contributed by atoms with Gasteiger partial charge in [0.15, 0.2) is 0 Å². The number of carbonyl (C=O) groups excluding carboxylic acids is 2. The summed E-state index contributed by atoms with van der Waals surface area (Å²) in [6, 6.07) is 3.57. The zero-order valence-corrected chi connectivity index (χ0v) is 19.4. The summed E-state index contributed by atoms with van der Waals surface area (Å²) in [5.41, 5.74) is 0.968. The number of hydrogen-bond donors (Lipinski definition) is 0. The maximum absolute atomic E-state index is 12.9. The third-order valence-corrected chi connectivity index (χ3v) is 7.48. The summed E-state index contributed by atoms with van der Waals surface area (Å²) in [6.07, 6.45) is 0.983. The predicted octanol–water partition coefficient (Wildman–Crippen LogP) is 4.46. The van der Waals surface area contributed by atoms with Gasteiger partial charge in [-0.15, -0.1) is 13.2 Å². The van der Waals surface area contributed by atoms with E-state index in [1.54, 1.807) is 22.8 Å². The van der Waals surface area contributed by atoms with Gasteiger partial charge in [-0.2, -0.15) is 0 Å². The first-order valence-corrected chi connectivity index (χ1v) is 11.8. The topological polar surface area (TPSA) is 53.1 Å². The van der Waals surface area contributed by atoms with Gasteiger partial charge in [-0.05, 0) is 56.6 Å². The highest BCUT2D eigenvalue weighted by Gasteiger charge is 2.45. The molecule has 0 N–H and O–H groups in total. The van der Waals surface area contributed by atoms with Crippen LogP contribution in [0.3, 0.4) is 0 Å². The second-order valence-electron chi connectivity index (χ2n) is 9.34. The number of carbonyl (C=O) groups is 2. The molecule has 0 radical (unpaired) electrons. The summed E-state index contributed by atoms with van der Waals surface area (Å²) in [4.78, 5) is 30.8. The van der Waals surface area contributed by atoms with Crippen LogP contribution in [0.2, 0.25) is 5.02 Å². The van der Waals surface area contributed by atoms with E-state index in [-0.39, 0.29) is 16.8 Å². The highest BCUT2D eigenvalue weighted by atomic mass is 35.5. The number of piperidine rings is 1. The zero-order chi connectivity index (χ0) is 23.8. The van der Waals surface area contributed by atoms with Crippen molar-refractivity contribution in [3.63, 3.8) is 0 Å². The van der Waals surface area contributed by atoms with Gasteiger partial charge in [0.25, 0.3) is 0 Å². The lowest BCUT2D eigenvalue weighted by Gasteiger charge is -2.40. The van der Waals surface area contributed by atoms with E-state index in [4.69, 9.17) is 11.6 Å². The number of amides is 2. The summed E-state index contributed by atoms with van der Waals surface area (Å²) in [5.74, 6) is -0.453. The molecule has 2 heterocycles. The molecule has 6 nitrogen and oxygen atoms in total. The average molecular weight is 488 g/mol. The molecular formula is C23H29ClF3N3O3. The molecule has 0 unspecified atom stereocenters. The van der Waals surface area contributed by atoms with Crippen molar-refractivity contribution >= 4 is 29.1 Å². The molecule has 1 aromatic carbocycles. The average Bonchev–Trinajstić information content (AvgIpc) is 3.51. The van der Waals surface area contributed by atoms with Crippen molar-refractivity contribution in [1.29, 1.82) is 0 Å². The van der Waals surface area contributed by atoms with Gasteiger partial charge in [-0.3, -0.25) is 9.59 Å². The van der Waals surface area contributed by atoms with Gasteiger partial charge in [-0.25, -0.2) is 0 Å². The molecule has 2 amide bonds. The van der Waals surface area contributed by atoms with E-state index in [1.807, 2.05) is 4.90 Å². The highest BCUT2D eigenvalue weighted by Crippen LogP contribution is 2.53. The Balaban J connectivity index is 1.28. The highest BCUT2D eigenvalue weighted by molar-refractivity contribution is 6.32. The van der Waals surface area contributed by atoms with E-state index < -0.39 is 18.2 Å². The van der Waals surface area contributed by atoms with Crippen LogP contribution in [0.4, 0.5) is 18.9 Å². The minimum atomic E-state index is -4.85. The predicted molar refractivity (Wildman–Crippen MR) is 118 cm³/mol. The van der Waals surface area contributed by atoms with Gasteiger partial charge < -0.3 is 19.4 Å². The number of likely N-dealkylation sites (tertiary alicyclic amines) is 1. The van der Waals surface area contributed by atoms with Crippen LogP contribution in [0.25, 0.3) is 0 Å². The molecule has 3 aliphatic rings. The fourth-order valence-corrected chi connectivity index (χ4v) is 5.02. The number of hydrogen-bond acceptors (Lipinski definition) is 4. The molecule has 3 fully saturated rings. The Morgan fingerprint density at radius 3 is 2.48 bits per heavy atom.